The van der Waals surface area contributed by atoms with E-state index in [1.165, 1.54) is 12.1 Å². The van der Waals surface area contributed by atoms with Crippen LogP contribution in [0.5, 0.6) is 5.75 Å². The molecule has 4 heteroatoms. The second kappa shape index (κ2) is 4.49. The summed E-state index contributed by atoms with van der Waals surface area (Å²) in [6.07, 6.45) is 2.09. The van der Waals surface area contributed by atoms with Crippen LogP contribution in [-0.2, 0) is 0 Å². The van der Waals surface area contributed by atoms with E-state index in [1.807, 2.05) is 0 Å². The maximum Gasteiger partial charge on any atom is 0.166 e. The van der Waals surface area contributed by atoms with Gasteiger partial charge in [0.2, 0.25) is 0 Å². The second-order valence-electron chi connectivity index (χ2n) is 3.83. The molecular formula is C11H15FN2O. The Bertz CT molecular complexity index is 337. The molecule has 0 amide bonds. The first-order valence-corrected chi connectivity index (χ1v) is 5.21. The first kappa shape index (κ1) is 10.2. The molecule has 0 saturated carbocycles. The molecule has 1 fully saturated rings. The monoisotopic (exact) mass is 210 g/mol. The van der Waals surface area contributed by atoms with E-state index in [2.05, 4.69) is 10.6 Å². The van der Waals surface area contributed by atoms with Crippen LogP contribution < -0.4 is 10.6 Å². The zero-order valence-corrected chi connectivity index (χ0v) is 8.46. The quantitative estimate of drug-likeness (QED) is 0.651. The van der Waals surface area contributed by atoms with E-state index in [1.54, 1.807) is 6.07 Å². The smallest absolute Gasteiger partial charge is 0.166 e. The van der Waals surface area contributed by atoms with Crippen molar-refractivity contribution in [2.75, 3.05) is 18.4 Å². The number of phenols is 1. The van der Waals surface area contributed by atoms with Crippen molar-refractivity contribution < 1.29 is 9.50 Å². The van der Waals surface area contributed by atoms with Crippen LogP contribution in [0.15, 0.2) is 18.2 Å². The standard InChI is InChI=1S/C11H15FN2O/c12-10-7-9(1-2-11(10)15)14-8-3-5-13-6-4-8/h1-2,7-8,13-15H,3-6H2. The van der Waals surface area contributed by atoms with Gasteiger partial charge in [0.05, 0.1) is 0 Å². The second-order valence-corrected chi connectivity index (χ2v) is 3.83. The SMILES string of the molecule is Oc1ccc(NC2CCNCC2)cc1F. The number of phenolic OH excluding ortho intramolecular Hbond substituents is 1. The largest absolute Gasteiger partial charge is 0.505 e. The van der Waals surface area contributed by atoms with E-state index >= 15 is 0 Å². The van der Waals surface area contributed by atoms with Crippen LogP contribution in [-0.4, -0.2) is 24.2 Å². The summed E-state index contributed by atoms with van der Waals surface area (Å²) < 4.78 is 13.0. The molecular weight excluding hydrogens is 195 g/mol. The molecule has 1 aromatic carbocycles. The summed E-state index contributed by atoms with van der Waals surface area (Å²) >= 11 is 0. The molecule has 3 nitrogen and oxygen atoms in total. The van der Waals surface area contributed by atoms with Crippen molar-refractivity contribution in [3.05, 3.63) is 24.0 Å². The molecule has 0 unspecified atom stereocenters. The van der Waals surface area contributed by atoms with E-state index < -0.39 is 5.82 Å². The maximum absolute atomic E-state index is 13.0. The predicted octanol–water partition coefficient (Wildman–Crippen LogP) is 1.70. The molecule has 0 atom stereocenters. The highest BCUT2D eigenvalue weighted by Crippen LogP contribution is 2.21. The lowest BCUT2D eigenvalue weighted by atomic mass is 10.1. The first-order chi connectivity index (χ1) is 7.25. The number of piperidine rings is 1. The minimum atomic E-state index is -0.575. The summed E-state index contributed by atoms with van der Waals surface area (Å²) in [4.78, 5) is 0. The van der Waals surface area contributed by atoms with Gasteiger partial charge in [-0.3, -0.25) is 0 Å². The minimum absolute atomic E-state index is 0.300. The lowest BCUT2D eigenvalue weighted by Gasteiger charge is -2.24. The number of halogens is 1. The van der Waals surface area contributed by atoms with E-state index in [0.717, 1.165) is 31.6 Å². The maximum atomic E-state index is 13.0. The highest BCUT2D eigenvalue weighted by Gasteiger charge is 2.12. The third-order valence-corrected chi connectivity index (χ3v) is 2.66. The highest BCUT2D eigenvalue weighted by molar-refractivity contribution is 5.47. The van der Waals surface area contributed by atoms with Gasteiger partial charge in [-0.1, -0.05) is 0 Å². The van der Waals surface area contributed by atoms with Crippen molar-refractivity contribution in [1.82, 2.24) is 5.32 Å². The van der Waals surface area contributed by atoms with E-state index in [0.29, 0.717) is 6.04 Å². The van der Waals surface area contributed by atoms with Crippen molar-refractivity contribution in [2.24, 2.45) is 0 Å². The summed E-state index contributed by atoms with van der Waals surface area (Å²) in [5.74, 6) is -0.875. The number of anilines is 1. The zero-order valence-electron chi connectivity index (χ0n) is 8.46. The van der Waals surface area contributed by atoms with Crippen molar-refractivity contribution in [3.63, 3.8) is 0 Å². The molecule has 3 N–H and O–H groups in total. The van der Waals surface area contributed by atoms with Crippen LogP contribution >= 0.6 is 0 Å². The Labute approximate surface area is 88.3 Å². The number of hydrogen-bond acceptors (Lipinski definition) is 3. The van der Waals surface area contributed by atoms with Gasteiger partial charge in [-0.15, -0.1) is 0 Å². The molecule has 2 rings (SSSR count). The van der Waals surface area contributed by atoms with E-state index in [9.17, 15) is 4.39 Å². The van der Waals surface area contributed by atoms with Gasteiger partial charge in [0.1, 0.15) is 0 Å². The molecule has 0 aromatic heterocycles. The fraction of sp³-hybridized carbons (Fsp3) is 0.455. The molecule has 0 radical (unpaired) electrons. The number of hydrogen-bond donors (Lipinski definition) is 3. The Hall–Kier alpha value is -1.29. The normalized spacial score (nSPS) is 17.7. The van der Waals surface area contributed by atoms with Crippen LogP contribution in [0.4, 0.5) is 10.1 Å². The average molecular weight is 210 g/mol. The predicted molar refractivity (Wildman–Crippen MR) is 57.6 cm³/mol. The van der Waals surface area contributed by atoms with Crippen LogP contribution in [0.3, 0.4) is 0 Å². The fourth-order valence-electron chi connectivity index (χ4n) is 1.80. The summed E-state index contributed by atoms with van der Waals surface area (Å²) in [7, 11) is 0. The number of aromatic hydroxyl groups is 1. The molecule has 1 aromatic rings. The van der Waals surface area contributed by atoms with Crippen molar-refractivity contribution in [3.8, 4) is 5.75 Å². The van der Waals surface area contributed by atoms with Gasteiger partial charge in [0.25, 0.3) is 0 Å². The molecule has 82 valence electrons. The molecule has 1 aliphatic heterocycles. The van der Waals surface area contributed by atoms with Crippen molar-refractivity contribution in [1.29, 1.82) is 0 Å². The topological polar surface area (TPSA) is 44.3 Å². The third kappa shape index (κ3) is 2.59. The summed E-state index contributed by atoms with van der Waals surface area (Å²) in [5, 5.41) is 15.6. The van der Waals surface area contributed by atoms with E-state index in [-0.39, 0.29) is 5.75 Å². The molecule has 1 saturated heterocycles. The van der Waals surface area contributed by atoms with Crippen LogP contribution in [0, 0.1) is 5.82 Å². The Kier molecular flexibility index (Phi) is 3.06. The fourth-order valence-corrected chi connectivity index (χ4v) is 1.80. The first-order valence-electron chi connectivity index (χ1n) is 5.21. The summed E-state index contributed by atoms with van der Waals surface area (Å²) in [6, 6.07) is 4.80. The summed E-state index contributed by atoms with van der Waals surface area (Å²) in [5.41, 5.74) is 0.734. The lowest BCUT2D eigenvalue weighted by Crippen LogP contribution is -2.35. The number of rotatable bonds is 2. The highest BCUT2D eigenvalue weighted by atomic mass is 19.1. The van der Waals surface area contributed by atoms with Gasteiger partial charge in [-0.05, 0) is 38.1 Å². The van der Waals surface area contributed by atoms with Gasteiger partial charge >= 0.3 is 0 Å². The molecule has 1 heterocycles. The van der Waals surface area contributed by atoms with Gasteiger partial charge < -0.3 is 15.7 Å². The Morgan fingerprint density at radius 3 is 2.73 bits per heavy atom. The van der Waals surface area contributed by atoms with Crippen molar-refractivity contribution >= 4 is 5.69 Å². The molecule has 0 spiro atoms. The number of benzene rings is 1. The Morgan fingerprint density at radius 2 is 2.07 bits per heavy atom. The number of nitrogens with one attached hydrogen (secondary N) is 2. The third-order valence-electron chi connectivity index (χ3n) is 2.66. The van der Waals surface area contributed by atoms with Gasteiger partial charge in [-0.2, -0.15) is 0 Å². The van der Waals surface area contributed by atoms with Crippen LogP contribution in [0.1, 0.15) is 12.8 Å². The zero-order chi connectivity index (χ0) is 10.7. The Balaban J connectivity index is 2.00. The van der Waals surface area contributed by atoms with Crippen LogP contribution in [0.2, 0.25) is 0 Å². The van der Waals surface area contributed by atoms with Gasteiger partial charge in [0.15, 0.2) is 11.6 Å². The molecule has 0 bridgehead atoms. The summed E-state index contributed by atoms with van der Waals surface area (Å²) in [6.45, 7) is 2.00. The lowest BCUT2D eigenvalue weighted by molar-refractivity contribution is 0.432. The van der Waals surface area contributed by atoms with Crippen LogP contribution in [0.25, 0.3) is 0 Å². The van der Waals surface area contributed by atoms with Crippen molar-refractivity contribution in [2.45, 2.75) is 18.9 Å². The Morgan fingerprint density at radius 1 is 1.33 bits per heavy atom. The molecule has 1 aliphatic rings. The molecule has 15 heavy (non-hydrogen) atoms. The van der Waals surface area contributed by atoms with E-state index in [4.69, 9.17) is 5.11 Å². The average Bonchev–Trinajstić information content (AvgIpc) is 2.25. The minimum Gasteiger partial charge on any atom is -0.505 e. The van der Waals surface area contributed by atoms with Gasteiger partial charge in [-0.25, -0.2) is 4.39 Å². The van der Waals surface area contributed by atoms with Gasteiger partial charge in [0, 0.05) is 17.8 Å². The molecule has 0 aliphatic carbocycles.